The van der Waals surface area contributed by atoms with Crippen molar-refractivity contribution in [3.8, 4) is 0 Å². The van der Waals surface area contributed by atoms with Crippen LogP contribution in [-0.2, 0) is 4.79 Å². The van der Waals surface area contributed by atoms with Crippen LogP contribution in [0, 0.1) is 5.92 Å². The lowest BCUT2D eigenvalue weighted by Gasteiger charge is -2.26. The number of nitrogens with zero attached hydrogens (tertiary/aromatic N) is 1. The molecule has 2 aliphatic rings. The fourth-order valence-corrected chi connectivity index (χ4v) is 3.47. The molecule has 2 fully saturated rings. The van der Waals surface area contributed by atoms with Gasteiger partial charge in [0.2, 0.25) is 5.91 Å². The van der Waals surface area contributed by atoms with E-state index in [4.69, 9.17) is 5.73 Å². The summed E-state index contributed by atoms with van der Waals surface area (Å²) in [7, 11) is 0. The van der Waals surface area contributed by atoms with Crippen molar-refractivity contribution in [2.24, 2.45) is 11.7 Å². The molecule has 0 bridgehead atoms. The Morgan fingerprint density at radius 3 is 2.76 bits per heavy atom. The predicted molar refractivity (Wildman–Crippen MR) is 86.5 cm³/mol. The van der Waals surface area contributed by atoms with Crippen molar-refractivity contribution in [2.75, 3.05) is 23.3 Å². The molecule has 21 heavy (non-hydrogen) atoms. The van der Waals surface area contributed by atoms with Gasteiger partial charge in [-0.05, 0) is 50.3 Å². The fourth-order valence-electron chi connectivity index (χ4n) is 3.47. The Morgan fingerprint density at radius 1 is 1.19 bits per heavy atom. The van der Waals surface area contributed by atoms with Crippen molar-refractivity contribution < 1.29 is 4.79 Å². The lowest BCUT2D eigenvalue weighted by molar-refractivity contribution is -0.120. The van der Waals surface area contributed by atoms with Crippen LogP contribution in [0.3, 0.4) is 0 Å². The van der Waals surface area contributed by atoms with Crippen molar-refractivity contribution in [3.63, 3.8) is 0 Å². The van der Waals surface area contributed by atoms with Crippen LogP contribution in [0.15, 0.2) is 24.3 Å². The standard InChI is InChI=1S/C17H25N3O/c18-14-6-3-5-13(11-14)17(21)19-15-7-4-8-16(12-15)20-9-1-2-10-20/h4,7-8,12-14H,1-3,5-6,9-11,18H2,(H,19,21). The number of carbonyl (C=O) groups excluding carboxylic acids is 1. The van der Waals surface area contributed by atoms with Gasteiger partial charge in [0.1, 0.15) is 0 Å². The van der Waals surface area contributed by atoms with Gasteiger partial charge in [0.15, 0.2) is 0 Å². The summed E-state index contributed by atoms with van der Waals surface area (Å²) in [6, 6.07) is 8.39. The summed E-state index contributed by atoms with van der Waals surface area (Å²) in [4.78, 5) is 14.7. The van der Waals surface area contributed by atoms with E-state index in [1.165, 1.54) is 18.5 Å². The zero-order valence-electron chi connectivity index (χ0n) is 12.6. The molecule has 1 aromatic rings. The number of hydrogen-bond acceptors (Lipinski definition) is 3. The molecule has 1 aromatic carbocycles. The second-order valence-electron chi connectivity index (χ2n) is 6.36. The molecular weight excluding hydrogens is 262 g/mol. The van der Waals surface area contributed by atoms with E-state index in [0.717, 1.165) is 44.5 Å². The Bertz CT molecular complexity index is 497. The van der Waals surface area contributed by atoms with Gasteiger partial charge in [-0.2, -0.15) is 0 Å². The minimum Gasteiger partial charge on any atom is -0.371 e. The Morgan fingerprint density at radius 2 is 2.00 bits per heavy atom. The van der Waals surface area contributed by atoms with Crippen LogP contribution in [0.25, 0.3) is 0 Å². The highest BCUT2D eigenvalue weighted by Crippen LogP contribution is 2.26. The minimum absolute atomic E-state index is 0.0733. The molecule has 3 N–H and O–H groups in total. The molecule has 1 saturated carbocycles. The zero-order chi connectivity index (χ0) is 14.7. The van der Waals surface area contributed by atoms with Crippen LogP contribution in [0.4, 0.5) is 11.4 Å². The first-order valence-electron chi connectivity index (χ1n) is 8.14. The molecule has 4 heteroatoms. The van der Waals surface area contributed by atoms with Gasteiger partial charge in [0, 0.05) is 36.4 Å². The molecule has 0 aromatic heterocycles. The van der Waals surface area contributed by atoms with Gasteiger partial charge >= 0.3 is 0 Å². The molecular formula is C17H25N3O. The van der Waals surface area contributed by atoms with E-state index in [1.54, 1.807) is 0 Å². The van der Waals surface area contributed by atoms with Crippen LogP contribution in [0.5, 0.6) is 0 Å². The monoisotopic (exact) mass is 287 g/mol. The van der Waals surface area contributed by atoms with Gasteiger partial charge in [-0.1, -0.05) is 12.5 Å². The first-order chi connectivity index (χ1) is 10.2. The second kappa shape index (κ2) is 6.48. The average molecular weight is 287 g/mol. The summed E-state index contributed by atoms with van der Waals surface area (Å²) < 4.78 is 0. The van der Waals surface area contributed by atoms with Gasteiger partial charge in [-0.3, -0.25) is 4.79 Å². The summed E-state index contributed by atoms with van der Waals surface area (Å²) in [5.41, 5.74) is 8.10. The Kier molecular flexibility index (Phi) is 4.44. The van der Waals surface area contributed by atoms with E-state index < -0.39 is 0 Å². The summed E-state index contributed by atoms with van der Waals surface area (Å²) in [5, 5.41) is 3.07. The van der Waals surface area contributed by atoms with E-state index >= 15 is 0 Å². The molecule has 1 amide bonds. The van der Waals surface area contributed by atoms with E-state index in [1.807, 2.05) is 12.1 Å². The van der Waals surface area contributed by atoms with E-state index in [9.17, 15) is 4.79 Å². The van der Waals surface area contributed by atoms with Gasteiger partial charge in [0.05, 0.1) is 0 Å². The quantitative estimate of drug-likeness (QED) is 0.898. The van der Waals surface area contributed by atoms with Gasteiger partial charge < -0.3 is 16.0 Å². The van der Waals surface area contributed by atoms with Crippen molar-refractivity contribution in [1.29, 1.82) is 0 Å². The van der Waals surface area contributed by atoms with Crippen molar-refractivity contribution in [1.82, 2.24) is 0 Å². The molecule has 1 saturated heterocycles. The normalized spacial score (nSPS) is 25.9. The van der Waals surface area contributed by atoms with Gasteiger partial charge in [-0.25, -0.2) is 0 Å². The molecule has 114 valence electrons. The molecule has 2 atom stereocenters. The molecule has 1 aliphatic heterocycles. The largest absolute Gasteiger partial charge is 0.371 e. The number of nitrogens with two attached hydrogens (primary N) is 1. The summed E-state index contributed by atoms with van der Waals surface area (Å²) in [6.45, 7) is 2.24. The van der Waals surface area contributed by atoms with Crippen LogP contribution in [0.2, 0.25) is 0 Å². The van der Waals surface area contributed by atoms with E-state index in [2.05, 4.69) is 22.3 Å². The first kappa shape index (κ1) is 14.4. The van der Waals surface area contributed by atoms with Crippen molar-refractivity contribution in [2.45, 2.75) is 44.6 Å². The number of hydrogen-bond donors (Lipinski definition) is 2. The lowest BCUT2D eigenvalue weighted by Crippen LogP contribution is -2.34. The zero-order valence-corrected chi connectivity index (χ0v) is 12.6. The van der Waals surface area contributed by atoms with E-state index in [-0.39, 0.29) is 17.9 Å². The fraction of sp³-hybridized carbons (Fsp3) is 0.588. The summed E-state index contributed by atoms with van der Waals surface area (Å²) in [6.07, 6.45) is 6.41. The Labute approximate surface area is 126 Å². The van der Waals surface area contributed by atoms with Gasteiger partial charge in [0.25, 0.3) is 0 Å². The van der Waals surface area contributed by atoms with Gasteiger partial charge in [-0.15, -0.1) is 0 Å². The molecule has 1 heterocycles. The van der Waals surface area contributed by atoms with Crippen LogP contribution < -0.4 is 16.0 Å². The maximum absolute atomic E-state index is 12.4. The summed E-state index contributed by atoms with van der Waals surface area (Å²) in [5.74, 6) is 0.202. The highest BCUT2D eigenvalue weighted by Gasteiger charge is 2.25. The number of anilines is 2. The van der Waals surface area contributed by atoms with Crippen LogP contribution >= 0.6 is 0 Å². The number of carbonyl (C=O) groups is 1. The molecule has 2 unspecified atom stereocenters. The molecule has 1 aliphatic carbocycles. The molecule has 4 nitrogen and oxygen atoms in total. The highest BCUT2D eigenvalue weighted by atomic mass is 16.1. The lowest BCUT2D eigenvalue weighted by atomic mass is 9.85. The topological polar surface area (TPSA) is 58.4 Å². The third-order valence-electron chi connectivity index (χ3n) is 4.67. The predicted octanol–water partition coefficient (Wildman–Crippen LogP) is 2.74. The number of rotatable bonds is 3. The summed E-state index contributed by atoms with van der Waals surface area (Å²) >= 11 is 0. The molecule has 0 spiro atoms. The average Bonchev–Trinajstić information content (AvgIpc) is 3.02. The highest BCUT2D eigenvalue weighted by molar-refractivity contribution is 5.93. The Hall–Kier alpha value is -1.55. The maximum atomic E-state index is 12.4. The SMILES string of the molecule is NC1CCCC(C(=O)Nc2cccc(N3CCCC3)c2)C1. The third kappa shape index (κ3) is 3.56. The first-order valence-corrected chi connectivity index (χ1v) is 8.14. The maximum Gasteiger partial charge on any atom is 0.227 e. The minimum atomic E-state index is 0.0733. The third-order valence-corrected chi connectivity index (χ3v) is 4.67. The molecule has 3 rings (SSSR count). The van der Waals surface area contributed by atoms with Crippen molar-refractivity contribution in [3.05, 3.63) is 24.3 Å². The second-order valence-corrected chi connectivity index (χ2v) is 6.36. The number of amides is 1. The van der Waals surface area contributed by atoms with E-state index in [0.29, 0.717) is 0 Å². The van der Waals surface area contributed by atoms with Crippen LogP contribution in [-0.4, -0.2) is 25.0 Å². The number of benzene rings is 1. The van der Waals surface area contributed by atoms with Crippen LogP contribution in [0.1, 0.15) is 38.5 Å². The molecule has 0 radical (unpaired) electrons. The Balaban J connectivity index is 1.64. The smallest absolute Gasteiger partial charge is 0.227 e. The number of nitrogens with one attached hydrogen (secondary N) is 1. The van der Waals surface area contributed by atoms with Crippen molar-refractivity contribution >= 4 is 17.3 Å².